The van der Waals surface area contributed by atoms with E-state index in [1.807, 2.05) is 4.90 Å². The molecule has 1 saturated heterocycles. The third-order valence-electron chi connectivity index (χ3n) is 5.05. The number of benzene rings is 2. The van der Waals surface area contributed by atoms with Crippen LogP contribution in [0.3, 0.4) is 0 Å². The Labute approximate surface area is 183 Å². The maximum atomic E-state index is 13.1. The highest BCUT2D eigenvalue weighted by Crippen LogP contribution is 2.19. The Balaban J connectivity index is 1.46. The van der Waals surface area contributed by atoms with Crippen molar-refractivity contribution in [1.29, 1.82) is 0 Å². The molecule has 0 saturated carbocycles. The van der Waals surface area contributed by atoms with Crippen LogP contribution in [0, 0.1) is 5.82 Å². The Hall–Kier alpha value is -2.60. The molecular weight excluding hydrogens is 447 g/mol. The zero-order valence-electron chi connectivity index (χ0n) is 16.4. The van der Waals surface area contributed by atoms with Gasteiger partial charge in [0.2, 0.25) is 10.0 Å². The first-order chi connectivity index (χ1) is 14.9. The Kier molecular flexibility index (Phi) is 6.19. The molecule has 0 atom stereocenters. The van der Waals surface area contributed by atoms with Gasteiger partial charge in [0.05, 0.1) is 15.6 Å². The second kappa shape index (κ2) is 8.87. The number of nitrogens with zero attached hydrogens (tertiary/aromatic N) is 6. The van der Waals surface area contributed by atoms with Gasteiger partial charge in [-0.05, 0) is 53.2 Å². The fourth-order valence-electron chi connectivity index (χ4n) is 3.41. The SMILES string of the molecule is O=c1n(CN2CCCN(S(=O)(=O)c3ccc(F)cc3)CC2)nnn1-c1ccccc1Cl. The minimum Gasteiger partial charge on any atom is -0.283 e. The molecule has 3 aromatic rings. The van der Waals surface area contributed by atoms with Gasteiger partial charge in [0.15, 0.2) is 0 Å². The molecule has 0 unspecified atom stereocenters. The highest BCUT2D eigenvalue weighted by Gasteiger charge is 2.27. The van der Waals surface area contributed by atoms with Crippen LogP contribution in [0.4, 0.5) is 4.39 Å². The quantitative estimate of drug-likeness (QED) is 0.566. The summed E-state index contributed by atoms with van der Waals surface area (Å²) in [5.41, 5.74) is 0.000913. The number of halogens is 2. The second-order valence-electron chi connectivity index (χ2n) is 7.10. The maximum Gasteiger partial charge on any atom is 0.369 e. The van der Waals surface area contributed by atoms with Crippen molar-refractivity contribution in [3.05, 3.63) is 69.9 Å². The average Bonchev–Trinajstić information content (AvgIpc) is 2.95. The number of aromatic nitrogens is 4. The highest BCUT2D eigenvalue weighted by molar-refractivity contribution is 7.89. The molecule has 0 radical (unpaired) electrons. The minimum absolute atomic E-state index is 0.0567. The van der Waals surface area contributed by atoms with Crippen molar-refractivity contribution in [3.63, 3.8) is 0 Å². The molecule has 2 heterocycles. The lowest BCUT2D eigenvalue weighted by atomic mass is 10.3. The maximum absolute atomic E-state index is 13.1. The monoisotopic (exact) mass is 466 g/mol. The lowest BCUT2D eigenvalue weighted by molar-refractivity contribution is 0.212. The van der Waals surface area contributed by atoms with Crippen molar-refractivity contribution in [2.24, 2.45) is 0 Å². The van der Waals surface area contributed by atoms with E-state index in [4.69, 9.17) is 11.6 Å². The molecule has 1 aromatic heterocycles. The summed E-state index contributed by atoms with van der Waals surface area (Å²) in [5.74, 6) is -0.490. The standard InChI is InChI=1S/C19H20ClFN6O3S/c20-17-4-1-2-5-18(17)27-19(28)26(22-23-27)14-24-10-3-11-25(13-12-24)31(29,30)16-8-6-15(21)7-9-16/h1-2,4-9H,3,10-14H2. The molecule has 0 spiro atoms. The summed E-state index contributed by atoms with van der Waals surface area (Å²) >= 11 is 6.14. The van der Waals surface area contributed by atoms with Crippen LogP contribution in [0.15, 0.2) is 58.2 Å². The largest absolute Gasteiger partial charge is 0.369 e. The fraction of sp³-hybridized carbons (Fsp3) is 0.316. The smallest absolute Gasteiger partial charge is 0.283 e. The third kappa shape index (κ3) is 4.54. The van der Waals surface area contributed by atoms with Gasteiger partial charge in [-0.25, -0.2) is 17.6 Å². The van der Waals surface area contributed by atoms with Gasteiger partial charge in [-0.3, -0.25) is 4.90 Å². The van der Waals surface area contributed by atoms with Gasteiger partial charge in [0.25, 0.3) is 0 Å². The van der Waals surface area contributed by atoms with E-state index >= 15 is 0 Å². The number of para-hydroxylation sites is 1. The Morgan fingerprint density at radius 3 is 2.45 bits per heavy atom. The zero-order valence-corrected chi connectivity index (χ0v) is 18.0. The summed E-state index contributed by atoms with van der Waals surface area (Å²) in [6.07, 6.45) is 0.577. The Bertz CT molecular complexity index is 1230. The van der Waals surface area contributed by atoms with E-state index in [0.29, 0.717) is 36.8 Å². The summed E-state index contributed by atoms with van der Waals surface area (Å²) in [7, 11) is -3.72. The molecule has 4 rings (SSSR count). The van der Waals surface area contributed by atoms with E-state index in [0.717, 1.165) is 16.8 Å². The van der Waals surface area contributed by atoms with Crippen LogP contribution >= 0.6 is 11.6 Å². The van der Waals surface area contributed by atoms with Crippen LogP contribution in [0.1, 0.15) is 6.42 Å². The molecule has 1 aliphatic rings. The van der Waals surface area contributed by atoms with Crippen LogP contribution in [-0.2, 0) is 16.7 Å². The first-order valence-corrected chi connectivity index (χ1v) is 11.4. The molecule has 0 aliphatic carbocycles. The van der Waals surface area contributed by atoms with Crippen molar-refractivity contribution in [3.8, 4) is 5.69 Å². The first-order valence-electron chi connectivity index (χ1n) is 9.62. The predicted molar refractivity (Wildman–Crippen MR) is 112 cm³/mol. The van der Waals surface area contributed by atoms with Gasteiger partial charge in [-0.2, -0.15) is 13.7 Å². The number of sulfonamides is 1. The summed E-state index contributed by atoms with van der Waals surface area (Å²) < 4.78 is 42.6. The van der Waals surface area contributed by atoms with Gasteiger partial charge in [0, 0.05) is 26.2 Å². The molecular formula is C19H20ClFN6O3S. The van der Waals surface area contributed by atoms with E-state index < -0.39 is 21.5 Å². The number of tetrazole rings is 1. The molecule has 0 bridgehead atoms. The van der Waals surface area contributed by atoms with Gasteiger partial charge >= 0.3 is 5.69 Å². The van der Waals surface area contributed by atoms with Crippen LogP contribution in [0.2, 0.25) is 5.02 Å². The second-order valence-corrected chi connectivity index (χ2v) is 9.44. The molecule has 9 nitrogen and oxygen atoms in total. The summed E-state index contributed by atoms with van der Waals surface area (Å²) in [5, 5.41) is 8.22. The lowest BCUT2D eigenvalue weighted by Crippen LogP contribution is -2.37. The van der Waals surface area contributed by atoms with Crippen molar-refractivity contribution in [2.45, 2.75) is 18.0 Å². The number of hydrogen-bond donors (Lipinski definition) is 0. The third-order valence-corrected chi connectivity index (χ3v) is 7.29. The molecule has 0 N–H and O–H groups in total. The van der Waals surface area contributed by atoms with Crippen molar-refractivity contribution in [1.82, 2.24) is 29.0 Å². The summed E-state index contributed by atoms with van der Waals surface area (Å²) in [6, 6.07) is 11.6. The minimum atomic E-state index is -3.72. The van der Waals surface area contributed by atoms with Crippen molar-refractivity contribution >= 4 is 21.6 Å². The van der Waals surface area contributed by atoms with Crippen LogP contribution in [0.5, 0.6) is 0 Å². The van der Waals surface area contributed by atoms with Gasteiger partial charge in [-0.15, -0.1) is 0 Å². The van der Waals surface area contributed by atoms with Gasteiger partial charge in [-0.1, -0.05) is 23.7 Å². The average molecular weight is 467 g/mol. The van der Waals surface area contributed by atoms with E-state index in [1.165, 1.54) is 21.1 Å². The highest BCUT2D eigenvalue weighted by atomic mass is 35.5. The fourth-order valence-corrected chi connectivity index (χ4v) is 5.10. The molecule has 2 aromatic carbocycles. The van der Waals surface area contributed by atoms with Gasteiger partial charge in [0.1, 0.15) is 12.5 Å². The van der Waals surface area contributed by atoms with E-state index in [-0.39, 0.29) is 18.1 Å². The normalized spacial score (nSPS) is 16.3. The Morgan fingerprint density at radius 2 is 1.71 bits per heavy atom. The van der Waals surface area contributed by atoms with E-state index in [2.05, 4.69) is 10.4 Å². The van der Waals surface area contributed by atoms with Crippen LogP contribution < -0.4 is 5.69 Å². The molecule has 1 fully saturated rings. The summed E-state index contributed by atoms with van der Waals surface area (Å²) in [4.78, 5) is 14.7. The topological polar surface area (TPSA) is 93.3 Å². The van der Waals surface area contributed by atoms with Gasteiger partial charge < -0.3 is 0 Å². The first kappa shape index (κ1) is 21.6. The molecule has 1 aliphatic heterocycles. The van der Waals surface area contributed by atoms with E-state index in [9.17, 15) is 17.6 Å². The molecule has 0 amide bonds. The van der Waals surface area contributed by atoms with Crippen LogP contribution in [-0.4, -0.2) is 63.6 Å². The van der Waals surface area contributed by atoms with Crippen LogP contribution in [0.25, 0.3) is 5.69 Å². The zero-order chi connectivity index (χ0) is 22.0. The van der Waals surface area contributed by atoms with Crippen molar-refractivity contribution < 1.29 is 12.8 Å². The molecule has 31 heavy (non-hydrogen) atoms. The summed E-state index contributed by atoms with van der Waals surface area (Å²) in [6.45, 7) is 1.74. The molecule has 12 heteroatoms. The Morgan fingerprint density at radius 1 is 0.968 bits per heavy atom. The number of hydrogen-bond acceptors (Lipinski definition) is 6. The number of rotatable bonds is 5. The lowest BCUT2D eigenvalue weighted by Gasteiger charge is -2.21. The van der Waals surface area contributed by atoms with Crippen molar-refractivity contribution in [2.75, 3.05) is 26.2 Å². The van der Waals surface area contributed by atoms with E-state index in [1.54, 1.807) is 24.3 Å². The molecule has 164 valence electrons. The predicted octanol–water partition coefficient (Wildman–Crippen LogP) is 1.58.